The molecule has 0 bridgehead atoms. The highest BCUT2D eigenvalue weighted by atomic mass is 79.9. The van der Waals surface area contributed by atoms with Crippen molar-refractivity contribution in [2.45, 2.75) is 32.8 Å². The topological polar surface area (TPSA) is 20.2 Å². The average Bonchev–Trinajstić information content (AvgIpc) is 2.80. The van der Waals surface area contributed by atoms with E-state index in [1.54, 1.807) is 11.3 Å². The Labute approximate surface area is 121 Å². The maximum Gasteiger partial charge on any atom is 0.0838 e. The minimum absolute atomic E-state index is 0.417. The lowest BCUT2D eigenvalue weighted by Crippen LogP contribution is -2.00. The van der Waals surface area contributed by atoms with Crippen LogP contribution in [-0.4, -0.2) is 5.11 Å². The Morgan fingerprint density at radius 2 is 1.94 bits per heavy atom. The number of aryl methyl sites for hydroxylation is 2. The van der Waals surface area contributed by atoms with Gasteiger partial charge in [-0.1, -0.05) is 35.0 Å². The van der Waals surface area contributed by atoms with Crippen LogP contribution >= 0.6 is 27.3 Å². The summed E-state index contributed by atoms with van der Waals surface area (Å²) in [7, 11) is 0. The van der Waals surface area contributed by atoms with Crippen molar-refractivity contribution in [3.05, 3.63) is 55.7 Å². The molecule has 1 atom stereocenters. The van der Waals surface area contributed by atoms with Crippen molar-refractivity contribution in [2.24, 2.45) is 0 Å². The maximum absolute atomic E-state index is 10.3. The molecule has 0 fully saturated rings. The van der Waals surface area contributed by atoms with Crippen LogP contribution in [0.15, 0.2) is 34.8 Å². The van der Waals surface area contributed by atoms with E-state index in [1.807, 2.05) is 25.1 Å². The Bertz CT molecular complexity index is 533. The van der Waals surface area contributed by atoms with Crippen molar-refractivity contribution >= 4 is 27.3 Å². The minimum Gasteiger partial charge on any atom is -0.388 e. The van der Waals surface area contributed by atoms with E-state index in [0.717, 1.165) is 22.0 Å². The van der Waals surface area contributed by atoms with Gasteiger partial charge in [0.05, 0.1) is 6.10 Å². The van der Waals surface area contributed by atoms with E-state index in [0.29, 0.717) is 6.42 Å². The monoisotopic (exact) mass is 324 g/mol. The molecule has 18 heavy (non-hydrogen) atoms. The van der Waals surface area contributed by atoms with Gasteiger partial charge in [0.25, 0.3) is 0 Å². The lowest BCUT2D eigenvalue weighted by atomic mass is 10.0. The highest BCUT2D eigenvalue weighted by Gasteiger charge is 2.11. The van der Waals surface area contributed by atoms with Gasteiger partial charge in [-0.15, -0.1) is 11.3 Å². The summed E-state index contributed by atoms with van der Waals surface area (Å²) in [6, 6.07) is 10.3. The van der Waals surface area contributed by atoms with Gasteiger partial charge in [0, 0.05) is 20.6 Å². The van der Waals surface area contributed by atoms with Crippen LogP contribution in [0.25, 0.3) is 0 Å². The number of thiophene rings is 1. The van der Waals surface area contributed by atoms with Crippen LogP contribution < -0.4 is 0 Å². The molecule has 2 aromatic rings. The third-order valence-corrected chi connectivity index (χ3v) is 5.17. The van der Waals surface area contributed by atoms with Crippen molar-refractivity contribution in [3.63, 3.8) is 0 Å². The molecule has 0 saturated heterocycles. The highest BCUT2D eigenvalue weighted by Crippen LogP contribution is 2.26. The second-order valence-corrected chi connectivity index (χ2v) is 6.56. The molecule has 0 saturated carbocycles. The molecule has 1 unspecified atom stereocenters. The fourth-order valence-corrected chi connectivity index (χ4v) is 3.15. The number of aliphatic hydroxyl groups is 1. The van der Waals surface area contributed by atoms with Crippen LogP contribution in [0.3, 0.4) is 0 Å². The Kier molecular flexibility index (Phi) is 4.60. The van der Waals surface area contributed by atoms with Crippen molar-refractivity contribution in [2.75, 3.05) is 0 Å². The van der Waals surface area contributed by atoms with Gasteiger partial charge in [-0.3, -0.25) is 0 Å². The first-order valence-corrected chi connectivity index (χ1v) is 7.72. The molecule has 1 aromatic carbocycles. The zero-order valence-electron chi connectivity index (χ0n) is 10.6. The molecule has 0 radical (unpaired) electrons. The first-order chi connectivity index (χ1) is 8.60. The van der Waals surface area contributed by atoms with E-state index in [2.05, 4.69) is 35.0 Å². The number of hydrogen-bond donors (Lipinski definition) is 1. The van der Waals surface area contributed by atoms with Gasteiger partial charge >= 0.3 is 0 Å². The molecule has 0 aliphatic rings. The van der Waals surface area contributed by atoms with Gasteiger partial charge in [-0.2, -0.15) is 0 Å². The van der Waals surface area contributed by atoms with Crippen molar-refractivity contribution in [1.29, 1.82) is 0 Å². The summed E-state index contributed by atoms with van der Waals surface area (Å²) in [5.74, 6) is 0. The van der Waals surface area contributed by atoms with Crippen LogP contribution in [-0.2, 0) is 12.8 Å². The van der Waals surface area contributed by atoms with E-state index in [4.69, 9.17) is 0 Å². The standard InChI is InChI=1S/C15H17BrOS/c1-3-12-5-6-13(18-12)9-15(17)11-4-7-14(16)10(2)8-11/h4-8,15,17H,3,9H2,1-2H3. The quantitative estimate of drug-likeness (QED) is 0.867. The molecule has 1 heterocycles. The molecule has 0 aliphatic carbocycles. The first kappa shape index (κ1) is 13.8. The van der Waals surface area contributed by atoms with E-state index in [9.17, 15) is 5.11 Å². The Balaban J connectivity index is 2.11. The van der Waals surface area contributed by atoms with E-state index < -0.39 is 6.10 Å². The van der Waals surface area contributed by atoms with Gasteiger partial charge in [-0.05, 0) is 42.7 Å². The zero-order chi connectivity index (χ0) is 13.1. The minimum atomic E-state index is -0.417. The molecule has 2 rings (SSSR count). The number of hydrogen-bond acceptors (Lipinski definition) is 2. The second kappa shape index (κ2) is 6.00. The summed E-state index contributed by atoms with van der Waals surface area (Å²) in [5, 5.41) is 10.3. The second-order valence-electron chi connectivity index (χ2n) is 4.45. The van der Waals surface area contributed by atoms with E-state index in [1.165, 1.54) is 9.75 Å². The SMILES string of the molecule is CCc1ccc(CC(O)c2ccc(Br)c(C)c2)s1. The molecule has 96 valence electrons. The van der Waals surface area contributed by atoms with Gasteiger partial charge in [-0.25, -0.2) is 0 Å². The number of benzene rings is 1. The van der Waals surface area contributed by atoms with Gasteiger partial charge in [0.2, 0.25) is 0 Å². The van der Waals surface area contributed by atoms with Crippen LogP contribution in [0.2, 0.25) is 0 Å². The van der Waals surface area contributed by atoms with Crippen molar-refractivity contribution in [3.8, 4) is 0 Å². The lowest BCUT2D eigenvalue weighted by molar-refractivity contribution is 0.179. The summed E-state index contributed by atoms with van der Waals surface area (Å²) in [4.78, 5) is 2.63. The molecule has 0 spiro atoms. The summed E-state index contributed by atoms with van der Waals surface area (Å²) in [5.41, 5.74) is 2.15. The number of aliphatic hydroxyl groups excluding tert-OH is 1. The van der Waals surface area contributed by atoms with E-state index >= 15 is 0 Å². The van der Waals surface area contributed by atoms with Crippen molar-refractivity contribution < 1.29 is 5.11 Å². The van der Waals surface area contributed by atoms with Gasteiger partial charge in [0.15, 0.2) is 0 Å². The first-order valence-electron chi connectivity index (χ1n) is 6.12. The molecular formula is C15H17BrOS. The Morgan fingerprint density at radius 3 is 2.56 bits per heavy atom. The van der Waals surface area contributed by atoms with Crippen LogP contribution in [0.5, 0.6) is 0 Å². The average molecular weight is 325 g/mol. The van der Waals surface area contributed by atoms with E-state index in [-0.39, 0.29) is 0 Å². The fraction of sp³-hybridized carbons (Fsp3) is 0.333. The fourth-order valence-electron chi connectivity index (χ4n) is 1.91. The lowest BCUT2D eigenvalue weighted by Gasteiger charge is -2.11. The summed E-state index contributed by atoms with van der Waals surface area (Å²) in [6.45, 7) is 4.20. The zero-order valence-corrected chi connectivity index (χ0v) is 13.0. The van der Waals surface area contributed by atoms with Gasteiger partial charge in [0.1, 0.15) is 0 Å². The molecular weight excluding hydrogens is 308 g/mol. The molecule has 0 aliphatic heterocycles. The third kappa shape index (κ3) is 3.22. The maximum atomic E-state index is 10.3. The summed E-state index contributed by atoms with van der Waals surface area (Å²) < 4.78 is 1.09. The molecule has 1 aromatic heterocycles. The van der Waals surface area contributed by atoms with Crippen LogP contribution in [0, 0.1) is 6.92 Å². The highest BCUT2D eigenvalue weighted by molar-refractivity contribution is 9.10. The predicted octanol–water partition coefficient (Wildman–Crippen LogP) is 4.66. The van der Waals surface area contributed by atoms with Crippen LogP contribution in [0.4, 0.5) is 0 Å². The van der Waals surface area contributed by atoms with Crippen LogP contribution in [0.1, 0.15) is 33.9 Å². The normalized spacial score (nSPS) is 12.7. The summed E-state index contributed by atoms with van der Waals surface area (Å²) >= 11 is 5.27. The Hall–Kier alpha value is -0.640. The smallest absolute Gasteiger partial charge is 0.0838 e. The largest absolute Gasteiger partial charge is 0.388 e. The number of rotatable bonds is 4. The molecule has 0 amide bonds. The van der Waals surface area contributed by atoms with Gasteiger partial charge < -0.3 is 5.11 Å². The summed E-state index contributed by atoms with van der Waals surface area (Å²) in [6.07, 6.45) is 1.35. The predicted molar refractivity (Wildman–Crippen MR) is 81.2 cm³/mol. The van der Waals surface area contributed by atoms with Crippen molar-refractivity contribution in [1.82, 2.24) is 0 Å². The molecule has 1 nitrogen and oxygen atoms in total. The molecule has 1 N–H and O–H groups in total. The molecule has 3 heteroatoms. The number of halogens is 1. The third-order valence-electron chi connectivity index (χ3n) is 3.03. The Morgan fingerprint density at radius 1 is 1.22 bits per heavy atom.